The zero-order valence-electron chi connectivity index (χ0n) is 6.96. The summed E-state index contributed by atoms with van der Waals surface area (Å²) in [6, 6.07) is 0. The number of aromatic nitrogens is 2. The number of aryl methyl sites for hydroxylation is 1. The third-order valence-corrected chi connectivity index (χ3v) is 1.66. The number of hydrogen-bond acceptors (Lipinski definition) is 3. The minimum Gasteiger partial charge on any atom is -0.319 e. The number of nitrogens with zero attached hydrogens (tertiary/aromatic N) is 2. The van der Waals surface area contributed by atoms with Crippen LogP contribution in [-0.2, 0) is 6.42 Å². The van der Waals surface area contributed by atoms with E-state index in [0.29, 0.717) is 0 Å². The minimum atomic E-state index is 0.980. The largest absolute Gasteiger partial charge is 0.319 e. The van der Waals surface area contributed by atoms with Crippen molar-refractivity contribution in [3.63, 3.8) is 0 Å². The van der Waals surface area contributed by atoms with Crippen molar-refractivity contribution in [2.24, 2.45) is 0 Å². The van der Waals surface area contributed by atoms with E-state index in [9.17, 15) is 0 Å². The smallest absolute Gasteiger partial charge is 0.115 e. The number of nitrogens with one attached hydrogen (secondary N) is 1. The first-order valence-corrected chi connectivity index (χ1v) is 3.74. The van der Waals surface area contributed by atoms with Gasteiger partial charge in [-0.05, 0) is 32.5 Å². The standard InChI is InChI=1S/C8H13N3/c1-7-8(3-4-9-2)5-10-6-11-7/h5-6,9H,3-4H2,1-2H3. The van der Waals surface area contributed by atoms with Gasteiger partial charge in [-0.3, -0.25) is 0 Å². The molecule has 0 saturated carbocycles. The van der Waals surface area contributed by atoms with Crippen molar-refractivity contribution in [3.05, 3.63) is 23.8 Å². The summed E-state index contributed by atoms with van der Waals surface area (Å²) in [6.45, 7) is 2.99. The second-order valence-electron chi connectivity index (χ2n) is 2.49. The van der Waals surface area contributed by atoms with E-state index in [-0.39, 0.29) is 0 Å². The van der Waals surface area contributed by atoms with Gasteiger partial charge in [0.1, 0.15) is 6.33 Å². The quantitative estimate of drug-likeness (QED) is 0.685. The Labute approximate surface area is 66.9 Å². The van der Waals surface area contributed by atoms with E-state index in [1.165, 1.54) is 5.56 Å². The molecule has 11 heavy (non-hydrogen) atoms. The molecule has 0 aliphatic heterocycles. The lowest BCUT2D eigenvalue weighted by molar-refractivity contribution is 0.780. The highest BCUT2D eigenvalue weighted by molar-refractivity contribution is 5.14. The highest BCUT2D eigenvalue weighted by atomic mass is 14.8. The van der Waals surface area contributed by atoms with Gasteiger partial charge >= 0.3 is 0 Å². The molecule has 0 fully saturated rings. The first-order chi connectivity index (χ1) is 5.34. The average Bonchev–Trinajstić information content (AvgIpc) is 2.03. The zero-order chi connectivity index (χ0) is 8.10. The van der Waals surface area contributed by atoms with E-state index in [1.54, 1.807) is 6.33 Å². The van der Waals surface area contributed by atoms with Crippen LogP contribution in [0, 0.1) is 6.92 Å². The summed E-state index contributed by atoms with van der Waals surface area (Å²) < 4.78 is 0. The van der Waals surface area contributed by atoms with Crippen molar-refractivity contribution in [3.8, 4) is 0 Å². The predicted molar refractivity (Wildman–Crippen MR) is 44.4 cm³/mol. The van der Waals surface area contributed by atoms with Crippen LogP contribution in [0.1, 0.15) is 11.3 Å². The van der Waals surface area contributed by atoms with Crippen LogP contribution in [0.3, 0.4) is 0 Å². The van der Waals surface area contributed by atoms with Gasteiger partial charge in [-0.15, -0.1) is 0 Å². The predicted octanol–water partition coefficient (Wildman–Crippen LogP) is 0.547. The van der Waals surface area contributed by atoms with Gasteiger partial charge in [-0.2, -0.15) is 0 Å². The van der Waals surface area contributed by atoms with Crippen molar-refractivity contribution in [2.45, 2.75) is 13.3 Å². The van der Waals surface area contributed by atoms with Crippen molar-refractivity contribution in [1.29, 1.82) is 0 Å². The lowest BCUT2D eigenvalue weighted by Gasteiger charge is -2.01. The highest BCUT2D eigenvalue weighted by Crippen LogP contribution is 2.00. The molecule has 1 aromatic heterocycles. The first-order valence-electron chi connectivity index (χ1n) is 3.74. The van der Waals surface area contributed by atoms with Crippen LogP contribution in [-0.4, -0.2) is 23.6 Å². The molecule has 1 aromatic rings. The topological polar surface area (TPSA) is 37.8 Å². The van der Waals surface area contributed by atoms with Crippen molar-refractivity contribution >= 4 is 0 Å². The summed E-state index contributed by atoms with van der Waals surface area (Å²) in [5.41, 5.74) is 2.30. The first kappa shape index (κ1) is 8.14. The minimum absolute atomic E-state index is 0.980. The van der Waals surface area contributed by atoms with E-state index in [1.807, 2.05) is 20.2 Å². The summed E-state index contributed by atoms with van der Waals surface area (Å²) >= 11 is 0. The Morgan fingerprint density at radius 1 is 1.55 bits per heavy atom. The molecule has 0 aliphatic carbocycles. The molecule has 60 valence electrons. The maximum atomic E-state index is 4.09. The molecule has 0 atom stereocenters. The molecule has 1 rings (SSSR count). The SMILES string of the molecule is CNCCc1cncnc1C. The van der Waals surface area contributed by atoms with Gasteiger partial charge in [0.15, 0.2) is 0 Å². The van der Waals surface area contributed by atoms with E-state index >= 15 is 0 Å². The summed E-state index contributed by atoms with van der Waals surface area (Å²) in [7, 11) is 1.94. The average molecular weight is 151 g/mol. The second kappa shape index (κ2) is 4.03. The summed E-state index contributed by atoms with van der Waals surface area (Å²) in [5.74, 6) is 0. The number of hydrogen-bond donors (Lipinski definition) is 1. The molecule has 0 spiro atoms. The van der Waals surface area contributed by atoms with E-state index in [0.717, 1.165) is 18.7 Å². The van der Waals surface area contributed by atoms with Gasteiger partial charge in [0.25, 0.3) is 0 Å². The molecule has 0 saturated heterocycles. The van der Waals surface area contributed by atoms with Crippen LogP contribution >= 0.6 is 0 Å². The van der Waals surface area contributed by atoms with Gasteiger partial charge in [0.05, 0.1) is 0 Å². The van der Waals surface area contributed by atoms with Gasteiger partial charge in [-0.1, -0.05) is 0 Å². The molecule has 0 bridgehead atoms. The Kier molecular flexibility index (Phi) is 2.98. The van der Waals surface area contributed by atoms with E-state index in [4.69, 9.17) is 0 Å². The van der Waals surface area contributed by atoms with E-state index < -0.39 is 0 Å². The summed E-state index contributed by atoms with van der Waals surface area (Å²) in [4.78, 5) is 8.05. The Balaban J connectivity index is 2.62. The molecule has 0 unspecified atom stereocenters. The van der Waals surface area contributed by atoms with Crippen LogP contribution in [0.5, 0.6) is 0 Å². The Hall–Kier alpha value is -0.960. The Morgan fingerprint density at radius 3 is 3.00 bits per heavy atom. The fraction of sp³-hybridized carbons (Fsp3) is 0.500. The highest BCUT2D eigenvalue weighted by Gasteiger charge is 1.96. The van der Waals surface area contributed by atoms with Crippen LogP contribution in [0.15, 0.2) is 12.5 Å². The van der Waals surface area contributed by atoms with Crippen LogP contribution < -0.4 is 5.32 Å². The van der Waals surface area contributed by atoms with Gasteiger partial charge < -0.3 is 5.32 Å². The van der Waals surface area contributed by atoms with Crippen molar-refractivity contribution in [2.75, 3.05) is 13.6 Å². The maximum absolute atomic E-state index is 4.09. The zero-order valence-corrected chi connectivity index (χ0v) is 6.96. The molecule has 0 radical (unpaired) electrons. The molecular formula is C8H13N3. The fourth-order valence-electron chi connectivity index (χ4n) is 0.925. The molecule has 1 heterocycles. The molecule has 0 aromatic carbocycles. The third-order valence-electron chi connectivity index (χ3n) is 1.66. The third kappa shape index (κ3) is 2.27. The number of rotatable bonds is 3. The lowest BCUT2D eigenvalue weighted by Crippen LogP contribution is -2.11. The second-order valence-corrected chi connectivity index (χ2v) is 2.49. The van der Waals surface area contributed by atoms with Gasteiger partial charge in [-0.25, -0.2) is 9.97 Å². The molecule has 3 heteroatoms. The summed E-state index contributed by atoms with van der Waals surface area (Å²) in [5, 5.41) is 3.09. The van der Waals surface area contributed by atoms with Crippen LogP contribution in [0.2, 0.25) is 0 Å². The molecular weight excluding hydrogens is 138 g/mol. The van der Waals surface area contributed by atoms with Crippen LogP contribution in [0.25, 0.3) is 0 Å². The van der Waals surface area contributed by atoms with Crippen molar-refractivity contribution in [1.82, 2.24) is 15.3 Å². The Morgan fingerprint density at radius 2 is 2.36 bits per heavy atom. The Bertz CT molecular complexity index is 222. The molecule has 3 nitrogen and oxygen atoms in total. The van der Waals surface area contributed by atoms with Gasteiger partial charge in [0, 0.05) is 11.9 Å². The lowest BCUT2D eigenvalue weighted by atomic mass is 10.2. The van der Waals surface area contributed by atoms with E-state index in [2.05, 4.69) is 15.3 Å². The van der Waals surface area contributed by atoms with Crippen molar-refractivity contribution < 1.29 is 0 Å². The van der Waals surface area contributed by atoms with Crippen LogP contribution in [0.4, 0.5) is 0 Å². The monoisotopic (exact) mass is 151 g/mol. The normalized spacial score (nSPS) is 10.0. The molecule has 1 N–H and O–H groups in total. The summed E-state index contributed by atoms with van der Waals surface area (Å²) in [6.07, 6.45) is 4.46. The fourth-order valence-corrected chi connectivity index (χ4v) is 0.925. The van der Waals surface area contributed by atoms with Gasteiger partial charge in [0.2, 0.25) is 0 Å². The molecule has 0 aliphatic rings. The maximum Gasteiger partial charge on any atom is 0.115 e. The number of likely N-dealkylation sites (N-methyl/N-ethyl adjacent to an activating group) is 1. The molecule has 0 amide bonds.